The Morgan fingerprint density at radius 2 is 1.93 bits per heavy atom. The van der Waals surface area contributed by atoms with Crippen LogP contribution in [0.1, 0.15) is 49.7 Å². The maximum atomic E-state index is 12.7. The van der Waals surface area contributed by atoms with Crippen LogP contribution in [-0.4, -0.2) is 65.9 Å². The van der Waals surface area contributed by atoms with Crippen LogP contribution < -0.4 is 20.7 Å². The van der Waals surface area contributed by atoms with E-state index in [1.807, 2.05) is 20.8 Å². The number of nitrogens with zero attached hydrogens (tertiary/aromatic N) is 2. The summed E-state index contributed by atoms with van der Waals surface area (Å²) in [5, 5.41) is 7.98. The molecule has 0 bridgehead atoms. The van der Waals surface area contributed by atoms with E-state index in [9.17, 15) is 19.2 Å². The SMILES string of the molecule is CC(C)(C)c1ncc(C(=O)NC2CCC(=O)NC2=O)cc1OC(=O)N1CCNCC1. The first-order valence-electron chi connectivity index (χ1n) is 9.97. The molecule has 4 amide bonds. The molecule has 1 atom stereocenters. The van der Waals surface area contributed by atoms with Gasteiger partial charge in [0.15, 0.2) is 5.75 Å². The molecule has 3 heterocycles. The first kappa shape index (κ1) is 21.7. The van der Waals surface area contributed by atoms with Crippen molar-refractivity contribution in [1.29, 1.82) is 0 Å². The highest BCUT2D eigenvalue weighted by Gasteiger charge is 2.30. The molecule has 2 aliphatic rings. The molecule has 0 radical (unpaired) electrons. The Morgan fingerprint density at radius 1 is 1.23 bits per heavy atom. The molecule has 3 rings (SSSR count). The van der Waals surface area contributed by atoms with E-state index in [2.05, 4.69) is 20.9 Å². The number of rotatable bonds is 3. The van der Waals surface area contributed by atoms with E-state index in [4.69, 9.17) is 4.74 Å². The predicted molar refractivity (Wildman–Crippen MR) is 107 cm³/mol. The second-order valence-electron chi connectivity index (χ2n) is 8.40. The molecule has 10 nitrogen and oxygen atoms in total. The van der Waals surface area contributed by atoms with Gasteiger partial charge >= 0.3 is 6.09 Å². The summed E-state index contributed by atoms with van der Waals surface area (Å²) in [7, 11) is 0. The molecule has 10 heteroatoms. The van der Waals surface area contributed by atoms with Gasteiger partial charge in [-0.25, -0.2) is 4.79 Å². The minimum atomic E-state index is -0.802. The van der Waals surface area contributed by atoms with Crippen LogP contribution >= 0.6 is 0 Å². The van der Waals surface area contributed by atoms with Gasteiger partial charge in [-0.15, -0.1) is 0 Å². The van der Waals surface area contributed by atoms with Crippen molar-refractivity contribution in [3.05, 3.63) is 23.5 Å². The number of piperidine rings is 1. The van der Waals surface area contributed by atoms with Crippen molar-refractivity contribution in [1.82, 2.24) is 25.8 Å². The molecule has 0 aromatic carbocycles. The number of hydrogen-bond acceptors (Lipinski definition) is 7. The first-order valence-corrected chi connectivity index (χ1v) is 9.97. The molecule has 30 heavy (non-hydrogen) atoms. The monoisotopic (exact) mass is 417 g/mol. The standard InChI is InChI=1S/C20H27N5O5/c1-20(2,3)16-14(30-19(29)25-8-6-21-7-9-25)10-12(11-22-16)17(27)23-13-4-5-15(26)24-18(13)28/h10-11,13,21H,4-9H2,1-3H3,(H,23,27)(H,24,26,28). The predicted octanol–water partition coefficient (Wildman–Crippen LogP) is 0.318. The van der Waals surface area contributed by atoms with Gasteiger partial charge in [0.2, 0.25) is 11.8 Å². The number of aromatic nitrogens is 1. The zero-order valence-corrected chi connectivity index (χ0v) is 17.4. The Balaban J connectivity index is 1.79. The summed E-state index contributed by atoms with van der Waals surface area (Å²) in [5.41, 5.74) is 0.289. The van der Waals surface area contributed by atoms with Crippen LogP contribution in [0.25, 0.3) is 0 Å². The fraction of sp³-hybridized carbons (Fsp3) is 0.550. The quantitative estimate of drug-likeness (QED) is 0.604. The molecule has 2 fully saturated rings. The number of nitrogens with one attached hydrogen (secondary N) is 3. The number of ether oxygens (including phenoxy) is 1. The van der Waals surface area contributed by atoms with Gasteiger partial charge in [-0.1, -0.05) is 20.8 Å². The smallest absolute Gasteiger partial charge is 0.408 e. The van der Waals surface area contributed by atoms with Crippen LogP contribution in [0.15, 0.2) is 12.3 Å². The number of hydrogen-bond donors (Lipinski definition) is 3. The van der Waals surface area contributed by atoms with Gasteiger partial charge in [0, 0.05) is 44.2 Å². The van der Waals surface area contributed by atoms with Crippen molar-refractivity contribution in [2.24, 2.45) is 0 Å². The fourth-order valence-electron chi connectivity index (χ4n) is 3.29. The van der Waals surface area contributed by atoms with Crippen molar-refractivity contribution < 1.29 is 23.9 Å². The van der Waals surface area contributed by atoms with E-state index in [1.54, 1.807) is 4.90 Å². The second kappa shape index (κ2) is 8.78. The first-order chi connectivity index (χ1) is 14.1. The lowest BCUT2D eigenvalue weighted by Gasteiger charge is -2.28. The Kier molecular flexibility index (Phi) is 6.35. The lowest BCUT2D eigenvalue weighted by molar-refractivity contribution is -0.134. The zero-order valence-electron chi connectivity index (χ0n) is 17.4. The van der Waals surface area contributed by atoms with Crippen LogP contribution in [0.2, 0.25) is 0 Å². The Bertz CT molecular complexity index is 858. The number of carbonyl (C=O) groups is 4. The molecule has 1 unspecified atom stereocenters. The molecule has 0 aliphatic carbocycles. The Hall–Kier alpha value is -3.01. The Morgan fingerprint density at radius 3 is 2.57 bits per heavy atom. The largest absolute Gasteiger partial charge is 0.415 e. The number of imide groups is 1. The van der Waals surface area contributed by atoms with E-state index in [1.165, 1.54) is 12.3 Å². The fourth-order valence-corrected chi connectivity index (χ4v) is 3.29. The van der Waals surface area contributed by atoms with Crippen LogP contribution in [0, 0.1) is 0 Å². The zero-order chi connectivity index (χ0) is 21.9. The molecule has 3 N–H and O–H groups in total. The molecular weight excluding hydrogens is 390 g/mol. The van der Waals surface area contributed by atoms with E-state index < -0.39 is 29.4 Å². The van der Waals surface area contributed by atoms with Crippen LogP contribution in [0.4, 0.5) is 4.79 Å². The lowest BCUT2D eigenvalue weighted by Crippen LogP contribution is -2.52. The van der Waals surface area contributed by atoms with E-state index in [-0.39, 0.29) is 30.1 Å². The molecule has 162 valence electrons. The van der Waals surface area contributed by atoms with Gasteiger partial charge in [0.05, 0.1) is 11.3 Å². The minimum absolute atomic E-state index is 0.158. The maximum Gasteiger partial charge on any atom is 0.415 e. The third-order valence-electron chi connectivity index (χ3n) is 4.94. The van der Waals surface area contributed by atoms with Crippen molar-refractivity contribution in [3.63, 3.8) is 0 Å². The topological polar surface area (TPSA) is 130 Å². The highest BCUT2D eigenvalue weighted by Crippen LogP contribution is 2.30. The minimum Gasteiger partial charge on any atom is -0.408 e. The molecule has 0 spiro atoms. The van der Waals surface area contributed by atoms with Crippen LogP contribution in [-0.2, 0) is 15.0 Å². The van der Waals surface area contributed by atoms with Crippen LogP contribution in [0.3, 0.4) is 0 Å². The second-order valence-corrected chi connectivity index (χ2v) is 8.40. The summed E-state index contributed by atoms with van der Waals surface area (Å²) in [6.45, 7) is 8.24. The highest BCUT2D eigenvalue weighted by molar-refractivity contribution is 6.03. The van der Waals surface area contributed by atoms with Crippen molar-refractivity contribution >= 4 is 23.8 Å². The highest BCUT2D eigenvalue weighted by atomic mass is 16.6. The van der Waals surface area contributed by atoms with Crippen molar-refractivity contribution in [3.8, 4) is 5.75 Å². The number of carbonyl (C=O) groups excluding carboxylic acids is 4. The van der Waals surface area contributed by atoms with Crippen molar-refractivity contribution in [2.75, 3.05) is 26.2 Å². The summed E-state index contributed by atoms with van der Waals surface area (Å²) in [5.74, 6) is -1.22. The number of amides is 4. The van der Waals surface area contributed by atoms with Gasteiger partial charge in [0.25, 0.3) is 5.91 Å². The van der Waals surface area contributed by atoms with E-state index in [0.29, 0.717) is 31.9 Å². The maximum absolute atomic E-state index is 12.7. The molecule has 2 saturated heterocycles. The molecule has 0 saturated carbocycles. The molecular formula is C20H27N5O5. The van der Waals surface area contributed by atoms with Gasteiger partial charge in [-0.05, 0) is 12.5 Å². The lowest BCUT2D eigenvalue weighted by atomic mass is 9.90. The average molecular weight is 417 g/mol. The van der Waals surface area contributed by atoms with Crippen LogP contribution in [0.5, 0.6) is 5.75 Å². The van der Waals surface area contributed by atoms with Crippen molar-refractivity contribution in [2.45, 2.75) is 45.1 Å². The van der Waals surface area contributed by atoms with Gasteiger partial charge in [-0.2, -0.15) is 0 Å². The summed E-state index contributed by atoms with van der Waals surface area (Å²) in [6.07, 6.45) is 1.29. The third kappa shape index (κ3) is 5.12. The number of pyridine rings is 1. The van der Waals surface area contributed by atoms with Gasteiger partial charge in [0.1, 0.15) is 6.04 Å². The summed E-state index contributed by atoms with van der Waals surface area (Å²) in [4.78, 5) is 54.4. The summed E-state index contributed by atoms with van der Waals surface area (Å²) in [6, 6.07) is 0.666. The number of piperazine rings is 1. The normalized spacial score (nSPS) is 19.8. The van der Waals surface area contributed by atoms with Gasteiger partial charge in [-0.3, -0.25) is 24.7 Å². The molecule has 1 aromatic rings. The van der Waals surface area contributed by atoms with E-state index >= 15 is 0 Å². The summed E-state index contributed by atoms with van der Waals surface area (Å²) < 4.78 is 5.62. The summed E-state index contributed by atoms with van der Waals surface area (Å²) >= 11 is 0. The average Bonchev–Trinajstić information content (AvgIpc) is 2.69. The molecule has 1 aromatic heterocycles. The Labute approximate surface area is 174 Å². The van der Waals surface area contributed by atoms with Gasteiger partial charge < -0.3 is 20.3 Å². The van der Waals surface area contributed by atoms with E-state index in [0.717, 1.165) is 0 Å². The third-order valence-corrected chi connectivity index (χ3v) is 4.94. The molecule has 2 aliphatic heterocycles.